The molecule has 0 atom stereocenters. The van der Waals surface area contributed by atoms with E-state index < -0.39 is 5.41 Å². The van der Waals surface area contributed by atoms with Crippen LogP contribution in [0.2, 0.25) is 0 Å². The van der Waals surface area contributed by atoms with Crippen LogP contribution in [0.4, 0.5) is 10.1 Å². The van der Waals surface area contributed by atoms with Crippen LogP contribution >= 0.6 is 0 Å². The Morgan fingerprint density at radius 3 is 2.64 bits per heavy atom. The van der Waals surface area contributed by atoms with Gasteiger partial charge in [0.1, 0.15) is 5.82 Å². The standard InChI is InChI=1S/C11H12FNO/c1-11(2)8-6-7(12)4-5-9(8)13(3)10(11)14/h4-6H,1-3H3. The van der Waals surface area contributed by atoms with Gasteiger partial charge in [0.25, 0.3) is 0 Å². The Kier molecular flexibility index (Phi) is 1.68. The molecule has 1 aliphatic rings. The molecule has 3 heteroatoms. The average molecular weight is 193 g/mol. The summed E-state index contributed by atoms with van der Waals surface area (Å²) in [4.78, 5) is 13.4. The second-order valence-electron chi connectivity index (χ2n) is 4.15. The number of nitrogens with zero attached hydrogens (tertiary/aromatic N) is 1. The monoisotopic (exact) mass is 193 g/mol. The molecule has 0 spiro atoms. The Hall–Kier alpha value is -1.38. The number of carbonyl (C=O) groups is 1. The molecule has 0 unspecified atom stereocenters. The molecule has 0 radical (unpaired) electrons. The molecule has 1 heterocycles. The molecule has 2 nitrogen and oxygen atoms in total. The second kappa shape index (κ2) is 2.56. The van der Waals surface area contributed by atoms with Crippen molar-refractivity contribution in [1.82, 2.24) is 0 Å². The van der Waals surface area contributed by atoms with Gasteiger partial charge < -0.3 is 4.90 Å². The summed E-state index contributed by atoms with van der Waals surface area (Å²) in [6.07, 6.45) is 0. The number of anilines is 1. The zero-order valence-corrected chi connectivity index (χ0v) is 8.47. The van der Waals surface area contributed by atoms with Gasteiger partial charge >= 0.3 is 0 Å². The van der Waals surface area contributed by atoms with Crippen molar-refractivity contribution in [2.75, 3.05) is 11.9 Å². The van der Waals surface area contributed by atoms with Crippen molar-refractivity contribution < 1.29 is 9.18 Å². The molecule has 1 aromatic carbocycles. The first-order valence-electron chi connectivity index (χ1n) is 4.53. The van der Waals surface area contributed by atoms with E-state index >= 15 is 0 Å². The van der Waals surface area contributed by atoms with E-state index in [1.54, 1.807) is 18.0 Å². The topological polar surface area (TPSA) is 20.3 Å². The van der Waals surface area contributed by atoms with E-state index in [9.17, 15) is 9.18 Å². The van der Waals surface area contributed by atoms with E-state index in [1.165, 1.54) is 12.1 Å². The summed E-state index contributed by atoms with van der Waals surface area (Å²) in [5, 5.41) is 0. The predicted octanol–water partition coefficient (Wildman–Crippen LogP) is 2.08. The molecule has 74 valence electrons. The van der Waals surface area contributed by atoms with E-state index in [-0.39, 0.29) is 11.7 Å². The second-order valence-corrected chi connectivity index (χ2v) is 4.15. The normalized spacial score (nSPS) is 18.6. The van der Waals surface area contributed by atoms with Crippen LogP contribution in [0, 0.1) is 5.82 Å². The van der Waals surface area contributed by atoms with Crippen LogP contribution in [0.25, 0.3) is 0 Å². The Morgan fingerprint density at radius 2 is 2.00 bits per heavy atom. The molecule has 0 saturated heterocycles. The molecule has 1 aliphatic heterocycles. The summed E-state index contributed by atoms with van der Waals surface area (Å²) in [6.45, 7) is 3.63. The van der Waals surface area contributed by atoms with Gasteiger partial charge in [0.2, 0.25) is 5.91 Å². The molecule has 0 N–H and O–H groups in total. The van der Waals surface area contributed by atoms with Gasteiger partial charge in [-0.3, -0.25) is 4.79 Å². The maximum Gasteiger partial charge on any atom is 0.236 e. The van der Waals surface area contributed by atoms with Crippen molar-refractivity contribution in [2.45, 2.75) is 19.3 Å². The number of rotatable bonds is 0. The Bertz CT molecular complexity index is 412. The molecular weight excluding hydrogens is 181 g/mol. The SMILES string of the molecule is CN1C(=O)C(C)(C)c2cc(F)ccc21. The number of benzene rings is 1. The number of halogens is 1. The highest BCUT2D eigenvalue weighted by Gasteiger charge is 2.42. The summed E-state index contributed by atoms with van der Waals surface area (Å²) >= 11 is 0. The highest BCUT2D eigenvalue weighted by atomic mass is 19.1. The number of fused-ring (bicyclic) bond motifs is 1. The zero-order chi connectivity index (χ0) is 10.5. The summed E-state index contributed by atoms with van der Waals surface area (Å²) in [7, 11) is 1.72. The van der Waals surface area contributed by atoms with Gasteiger partial charge in [-0.05, 0) is 37.6 Å². The fraction of sp³-hybridized carbons (Fsp3) is 0.364. The van der Waals surface area contributed by atoms with E-state index in [1.807, 2.05) is 13.8 Å². The molecule has 0 aliphatic carbocycles. The van der Waals surface area contributed by atoms with Gasteiger partial charge in [0.05, 0.1) is 5.41 Å². The van der Waals surface area contributed by atoms with Crippen LogP contribution in [0.3, 0.4) is 0 Å². The molecule has 2 rings (SSSR count). The molecule has 0 saturated carbocycles. The lowest BCUT2D eigenvalue weighted by Gasteiger charge is -2.16. The summed E-state index contributed by atoms with van der Waals surface area (Å²) in [6, 6.07) is 4.47. The smallest absolute Gasteiger partial charge is 0.236 e. The van der Waals surface area contributed by atoms with Crippen LogP contribution < -0.4 is 4.90 Å². The van der Waals surface area contributed by atoms with E-state index in [0.717, 1.165) is 11.3 Å². The lowest BCUT2D eigenvalue weighted by Crippen LogP contribution is -2.33. The Balaban J connectivity index is 2.69. The van der Waals surface area contributed by atoms with Crippen molar-refractivity contribution >= 4 is 11.6 Å². The van der Waals surface area contributed by atoms with Crippen LogP contribution in [0.1, 0.15) is 19.4 Å². The molecule has 14 heavy (non-hydrogen) atoms. The Morgan fingerprint density at radius 1 is 1.36 bits per heavy atom. The van der Waals surface area contributed by atoms with Gasteiger partial charge in [-0.2, -0.15) is 0 Å². The van der Waals surface area contributed by atoms with Crippen molar-refractivity contribution in [3.05, 3.63) is 29.6 Å². The van der Waals surface area contributed by atoms with Crippen LogP contribution in [0.15, 0.2) is 18.2 Å². The maximum absolute atomic E-state index is 13.0. The molecule has 1 amide bonds. The molecule has 0 fully saturated rings. The fourth-order valence-corrected chi connectivity index (χ4v) is 1.95. The number of hydrogen-bond acceptors (Lipinski definition) is 1. The van der Waals surface area contributed by atoms with Gasteiger partial charge in [-0.15, -0.1) is 0 Å². The predicted molar refractivity (Wildman–Crippen MR) is 52.8 cm³/mol. The van der Waals surface area contributed by atoms with Crippen molar-refractivity contribution in [3.63, 3.8) is 0 Å². The first-order valence-corrected chi connectivity index (χ1v) is 4.53. The number of likely N-dealkylation sites (N-methyl/N-ethyl adjacent to an activating group) is 1. The quantitative estimate of drug-likeness (QED) is 0.617. The Labute approximate surface area is 82.3 Å². The van der Waals surface area contributed by atoms with E-state index in [2.05, 4.69) is 0 Å². The van der Waals surface area contributed by atoms with Gasteiger partial charge in [0.15, 0.2) is 0 Å². The van der Waals surface area contributed by atoms with Gasteiger partial charge in [0, 0.05) is 12.7 Å². The third-order valence-electron chi connectivity index (χ3n) is 2.83. The molecule has 1 aromatic rings. The van der Waals surface area contributed by atoms with Crippen molar-refractivity contribution in [1.29, 1.82) is 0 Å². The molecular formula is C11H12FNO. The van der Waals surface area contributed by atoms with Gasteiger partial charge in [-0.25, -0.2) is 4.39 Å². The van der Waals surface area contributed by atoms with E-state index in [4.69, 9.17) is 0 Å². The minimum absolute atomic E-state index is 0.0121. The molecule has 0 aromatic heterocycles. The van der Waals surface area contributed by atoms with Crippen molar-refractivity contribution in [3.8, 4) is 0 Å². The van der Waals surface area contributed by atoms with Crippen LogP contribution in [-0.2, 0) is 10.2 Å². The summed E-state index contributed by atoms with van der Waals surface area (Å²) in [5.74, 6) is -0.280. The van der Waals surface area contributed by atoms with E-state index in [0.29, 0.717) is 0 Å². The first-order chi connectivity index (χ1) is 6.44. The lowest BCUT2D eigenvalue weighted by molar-refractivity contribution is -0.121. The largest absolute Gasteiger partial charge is 0.314 e. The third kappa shape index (κ3) is 0.983. The minimum Gasteiger partial charge on any atom is -0.314 e. The van der Waals surface area contributed by atoms with Crippen LogP contribution in [-0.4, -0.2) is 13.0 Å². The van der Waals surface area contributed by atoms with Crippen molar-refractivity contribution in [2.24, 2.45) is 0 Å². The number of hydrogen-bond donors (Lipinski definition) is 0. The highest BCUT2D eigenvalue weighted by Crippen LogP contribution is 2.40. The maximum atomic E-state index is 13.0. The first kappa shape index (κ1) is 9.19. The van der Waals surface area contributed by atoms with Crippen LogP contribution in [0.5, 0.6) is 0 Å². The summed E-state index contributed by atoms with van der Waals surface area (Å²) < 4.78 is 13.0. The number of carbonyl (C=O) groups excluding carboxylic acids is 1. The summed E-state index contributed by atoms with van der Waals surface area (Å²) in [5.41, 5.74) is 0.970. The van der Waals surface area contributed by atoms with Gasteiger partial charge in [-0.1, -0.05) is 0 Å². The fourth-order valence-electron chi connectivity index (χ4n) is 1.95. The number of amides is 1. The minimum atomic E-state index is -0.605. The average Bonchev–Trinajstić information content (AvgIpc) is 2.29. The lowest BCUT2D eigenvalue weighted by atomic mass is 9.86. The highest BCUT2D eigenvalue weighted by molar-refractivity contribution is 6.07. The zero-order valence-electron chi connectivity index (χ0n) is 8.47. The molecule has 0 bridgehead atoms. The third-order valence-corrected chi connectivity index (χ3v) is 2.83.